The number of hydrogen-bond acceptors (Lipinski definition) is 3. The molecule has 0 radical (unpaired) electrons. The Bertz CT molecular complexity index is 5810. The first-order valence-electron chi connectivity index (χ1n) is 33.3. The molecule has 462 valence electrons. The Morgan fingerprint density at radius 1 is 0.284 bits per heavy atom. The van der Waals surface area contributed by atoms with Gasteiger partial charge in [0, 0.05) is 77.5 Å². The third kappa shape index (κ3) is 8.64. The van der Waals surface area contributed by atoms with Crippen LogP contribution in [0, 0.1) is 11.3 Å². The van der Waals surface area contributed by atoms with Crippen molar-refractivity contribution in [2.75, 3.05) is 0 Å². The molecule has 8 nitrogen and oxygen atoms in total. The minimum absolute atomic E-state index is 0.149. The zero-order valence-corrected chi connectivity index (χ0v) is 56.0. The quantitative estimate of drug-likeness (QED) is 0.166. The van der Waals surface area contributed by atoms with Crippen LogP contribution in [0.3, 0.4) is 0 Å². The number of fused-ring (bicyclic) bond motifs is 15. The second kappa shape index (κ2) is 20.5. The molecule has 17 aromatic rings. The van der Waals surface area contributed by atoms with Gasteiger partial charge in [-0.2, -0.15) is 5.26 Å². The van der Waals surface area contributed by atoms with E-state index in [1.807, 2.05) is 24.8 Å². The van der Waals surface area contributed by atoms with Crippen LogP contribution in [-0.2, 0) is 21.7 Å². The van der Waals surface area contributed by atoms with Gasteiger partial charge in [-0.1, -0.05) is 192 Å². The van der Waals surface area contributed by atoms with Crippen LogP contribution < -0.4 is 0 Å². The summed E-state index contributed by atoms with van der Waals surface area (Å²) in [4.78, 5) is 9.56. The molecule has 7 heterocycles. The molecule has 0 saturated carbocycles. The molecule has 0 bridgehead atoms. The Kier molecular flexibility index (Phi) is 12.5. The second-order valence-corrected chi connectivity index (χ2v) is 30.3. The number of benzene rings is 10. The lowest BCUT2D eigenvalue weighted by molar-refractivity contribution is 0.591. The van der Waals surface area contributed by atoms with Crippen LogP contribution in [0.4, 0.5) is 0 Å². The van der Waals surface area contributed by atoms with E-state index < -0.39 is 0 Å². The van der Waals surface area contributed by atoms with Crippen LogP contribution in [0.15, 0.2) is 231 Å². The first kappa shape index (κ1) is 57.9. The predicted octanol–water partition coefficient (Wildman–Crippen LogP) is 22.7. The van der Waals surface area contributed by atoms with Crippen molar-refractivity contribution in [3.05, 3.63) is 259 Å². The minimum atomic E-state index is -0.150. The molecule has 0 aliphatic rings. The molecule has 0 N–H and O–H groups in total. The van der Waals surface area contributed by atoms with Crippen molar-refractivity contribution >= 4 is 109 Å². The molecule has 95 heavy (non-hydrogen) atoms. The predicted molar refractivity (Wildman–Crippen MR) is 399 cm³/mol. The highest BCUT2D eigenvalue weighted by atomic mass is 15.1. The topological polar surface area (TPSA) is 74.2 Å². The Morgan fingerprint density at radius 3 is 0.916 bits per heavy atom. The Balaban J connectivity index is 1.20. The number of nitrogens with zero attached hydrogens (tertiary/aromatic N) is 8. The van der Waals surface area contributed by atoms with Crippen molar-refractivity contribution in [2.24, 2.45) is 0 Å². The van der Waals surface area contributed by atoms with Gasteiger partial charge < -0.3 is 22.8 Å². The monoisotopic (exact) mass is 1230 g/mol. The van der Waals surface area contributed by atoms with Crippen LogP contribution in [-0.4, -0.2) is 32.8 Å². The lowest BCUT2D eigenvalue weighted by atomic mass is 9.86. The van der Waals surface area contributed by atoms with Crippen LogP contribution in [0.2, 0.25) is 0 Å². The highest BCUT2D eigenvalue weighted by molar-refractivity contribution is 6.18. The summed E-state index contributed by atoms with van der Waals surface area (Å²) in [5.74, 6) is 0. The molecule has 0 atom stereocenters. The highest BCUT2D eigenvalue weighted by Gasteiger charge is 2.36. The molecule has 0 saturated heterocycles. The molecule has 10 aromatic carbocycles. The number of rotatable bonds is 6. The summed E-state index contributed by atoms with van der Waals surface area (Å²) in [5, 5.41) is 24.6. The maximum absolute atomic E-state index is 13.5. The molecule has 0 fully saturated rings. The van der Waals surface area contributed by atoms with Crippen molar-refractivity contribution in [3.8, 4) is 45.6 Å². The SMILES string of the molecule is CC(C)(C)c1ccc2c(c1)c1ccccc1n2-c1c(C#N)c(-n2c3ccccc3c3cc(C(C)(C)C)ccc32)c(-n2c3ccccc3c3cc(C(C)(C)C)ccc32)c(-c2cccc(-n3c4cnccc4c4ccncc43)c2)c1-n1c2ccccc2c2cc(C(C)(C)C)ccc21. The van der Waals surface area contributed by atoms with Gasteiger partial charge in [0.1, 0.15) is 11.6 Å². The third-order valence-corrected chi connectivity index (χ3v) is 20.3. The van der Waals surface area contributed by atoms with Crippen LogP contribution in [0.5, 0.6) is 0 Å². The first-order valence-corrected chi connectivity index (χ1v) is 33.3. The van der Waals surface area contributed by atoms with Crippen molar-refractivity contribution < 1.29 is 0 Å². The van der Waals surface area contributed by atoms with E-state index in [1.54, 1.807) is 0 Å². The number of nitriles is 1. The number of para-hydroxylation sites is 4. The van der Waals surface area contributed by atoms with Gasteiger partial charge in [0.15, 0.2) is 0 Å². The standard InChI is InChI=1S/C87H74N8/c1-84(2,3)53-32-36-73-64(45-53)58-24-13-17-28-69(58)92(73)80-68(49-88)81(93-70-29-18-14-25-59(70)65-46-54(85(4,5)6)33-37-74(65)93)83(95-72-31-20-16-27-61(72)67-48-56(87(10,11)12)35-39-76(67)95)79(82(80)94-71-30-19-15-26-60(71)66-47-55(86(7,8)9)34-38-75(66)94)52-22-21-23-57(44-52)91-77-50-89-42-40-62(77)63-41-43-90-51-78(63)91/h13-48,50-51H,1-12H3. The molecule has 0 amide bonds. The number of hydrogen-bond donors (Lipinski definition) is 0. The lowest BCUT2D eigenvalue weighted by Gasteiger charge is -2.30. The van der Waals surface area contributed by atoms with E-state index in [0.717, 1.165) is 149 Å². The zero-order valence-electron chi connectivity index (χ0n) is 56.0. The normalized spacial score (nSPS) is 12.8. The van der Waals surface area contributed by atoms with E-state index in [4.69, 9.17) is 9.97 Å². The maximum atomic E-state index is 13.5. The summed E-state index contributed by atoms with van der Waals surface area (Å²) < 4.78 is 12.3. The average molecular weight is 1230 g/mol. The Hall–Kier alpha value is -11.0. The van der Waals surface area contributed by atoms with Gasteiger partial charge in [0.05, 0.1) is 90.3 Å². The van der Waals surface area contributed by atoms with Gasteiger partial charge in [0.2, 0.25) is 0 Å². The lowest BCUT2D eigenvalue weighted by Crippen LogP contribution is -2.17. The first-order chi connectivity index (χ1) is 45.7. The van der Waals surface area contributed by atoms with E-state index in [-0.39, 0.29) is 21.7 Å². The fourth-order valence-electron chi connectivity index (χ4n) is 15.5. The third-order valence-electron chi connectivity index (χ3n) is 20.3. The van der Waals surface area contributed by atoms with Gasteiger partial charge in [-0.15, -0.1) is 0 Å². The molecular formula is C87H74N8. The highest BCUT2D eigenvalue weighted by Crippen LogP contribution is 2.53. The Labute approximate surface area is 553 Å². The van der Waals surface area contributed by atoms with E-state index in [9.17, 15) is 5.26 Å². The molecule has 7 aromatic heterocycles. The van der Waals surface area contributed by atoms with Crippen molar-refractivity contribution in [3.63, 3.8) is 0 Å². The van der Waals surface area contributed by atoms with Crippen molar-refractivity contribution in [1.29, 1.82) is 5.26 Å². The average Bonchev–Trinajstić information content (AvgIpc) is 1.59. The van der Waals surface area contributed by atoms with Gasteiger partial charge in [-0.3, -0.25) is 9.97 Å². The fourth-order valence-corrected chi connectivity index (χ4v) is 15.5. The number of aromatic nitrogens is 7. The van der Waals surface area contributed by atoms with E-state index >= 15 is 0 Å². The minimum Gasteiger partial charge on any atom is -0.306 e. The summed E-state index contributed by atoms with van der Waals surface area (Å²) in [5.41, 5.74) is 21.0. The van der Waals surface area contributed by atoms with Crippen molar-refractivity contribution in [1.82, 2.24) is 32.8 Å². The molecule has 0 spiro atoms. The summed E-state index contributed by atoms with van der Waals surface area (Å²) >= 11 is 0. The summed E-state index contributed by atoms with van der Waals surface area (Å²) in [6, 6.07) is 80.2. The van der Waals surface area contributed by atoms with Gasteiger partial charge in [0.25, 0.3) is 0 Å². The summed E-state index contributed by atoms with van der Waals surface area (Å²) in [7, 11) is 0. The molecule has 0 aliphatic carbocycles. The van der Waals surface area contributed by atoms with Crippen molar-refractivity contribution in [2.45, 2.75) is 105 Å². The molecule has 0 unspecified atom stereocenters. The molecular weight excluding hydrogens is 1160 g/mol. The summed E-state index contributed by atoms with van der Waals surface area (Å²) in [6.07, 6.45) is 7.71. The van der Waals surface area contributed by atoms with E-state index in [2.05, 4.69) is 318 Å². The van der Waals surface area contributed by atoms with Crippen LogP contribution in [0.25, 0.3) is 149 Å². The molecule has 8 heteroatoms. The van der Waals surface area contributed by atoms with Gasteiger partial charge in [-0.25, -0.2) is 0 Å². The van der Waals surface area contributed by atoms with Gasteiger partial charge >= 0.3 is 0 Å². The smallest absolute Gasteiger partial charge is 0.104 e. The largest absolute Gasteiger partial charge is 0.306 e. The van der Waals surface area contributed by atoms with E-state index in [1.165, 1.54) is 22.3 Å². The second-order valence-electron chi connectivity index (χ2n) is 30.3. The summed E-state index contributed by atoms with van der Waals surface area (Å²) in [6.45, 7) is 27.5. The van der Waals surface area contributed by atoms with Gasteiger partial charge in [-0.05, 0) is 147 Å². The molecule has 0 aliphatic heterocycles. The van der Waals surface area contributed by atoms with Crippen LogP contribution in [0.1, 0.15) is 111 Å². The Morgan fingerprint density at radius 2 is 0.589 bits per heavy atom. The van der Waals surface area contributed by atoms with E-state index in [0.29, 0.717) is 5.56 Å². The number of pyridine rings is 2. The fraction of sp³-hybridized carbons (Fsp3) is 0.184. The zero-order chi connectivity index (χ0) is 65.4. The maximum Gasteiger partial charge on any atom is 0.104 e. The van der Waals surface area contributed by atoms with Crippen LogP contribution >= 0.6 is 0 Å². The molecule has 17 rings (SSSR count).